The van der Waals surface area contributed by atoms with Crippen molar-refractivity contribution in [2.45, 2.75) is 31.7 Å². The molecule has 1 aromatic heterocycles. The van der Waals surface area contributed by atoms with Gasteiger partial charge in [-0.3, -0.25) is 14.4 Å². The minimum atomic E-state index is -0.462. The van der Waals surface area contributed by atoms with Crippen LogP contribution in [0.1, 0.15) is 18.1 Å². The molecule has 0 atom stereocenters. The SMILES string of the molecule is C=CCN1C(=O)CSc2cnn(CC(=O)Nc3c(C)cccc3CC)c(=O)c21. The molecule has 7 nitrogen and oxygen atoms in total. The smallest absolute Gasteiger partial charge is 0.292 e. The van der Waals surface area contributed by atoms with Gasteiger partial charge in [0.1, 0.15) is 12.2 Å². The molecule has 0 spiro atoms. The number of fused-ring (bicyclic) bond motifs is 1. The van der Waals surface area contributed by atoms with Gasteiger partial charge in [-0.1, -0.05) is 31.2 Å². The number of nitrogens with zero attached hydrogens (tertiary/aromatic N) is 3. The zero-order valence-electron chi connectivity index (χ0n) is 15.9. The van der Waals surface area contributed by atoms with Gasteiger partial charge in [0, 0.05) is 12.2 Å². The van der Waals surface area contributed by atoms with Crippen molar-refractivity contribution in [3.05, 3.63) is 58.5 Å². The van der Waals surface area contributed by atoms with E-state index in [4.69, 9.17) is 0 Å². The van der Waals surface area contributed by atoms with Crippen molar-refractivity contribution in [1.82, 2.24) is 9.78 Å². The van der Waals surface area contributed by atoms with E-state index in [1.807, 2.05) is 32.0 Å². The van der Waals surface area contributed by atoms with E-state index in [-0.39, 0.29) is 36.3 Å². The molecule has 1 aromatic carbocycles. The van der Waals surface area contributed by atoms with Crippen molar-refractivity contribution in [1.29, 1.82) is 0 Å². The second-order valence-corrected chi connectivity index (χ2v) is 7.43. The van der Waals surface area contributed by atoms with Gasteiger partial charge in [-0.25, -0.2) is 4.68 Å². The molecule has 1 aliphatic heterocycles. The molecule has 0 aliphatic carbocycles. The monoisotopic (exact) mass is 398 g/mol. The van der Waals surface area contributed by atoms with Gasteiger partial charge in [0.05, 0.1) is 16.8 Å². The molecule has 0 radical (unpaired) electrons. The van der Waals surface area contributed by atoms with Gasteiger partial charge in [0.2, 0.25) is 11.8 Å². The topological polar surface area (TPSA) is 84.3 Å². The molecule has 0 saturated heterocycles. The van der Waals surface area contributed by atoms with Gasteiger partial charge < -0.3 is 10.2 Å². The largest absolute Gasteiger partial charge is 0.324 e. The summed E-state index contributed by atoms with van der Waals surface area (Å²) >= 11 is 1.28. The van der Waals surface area contributed by atoms with Gasteiger partial charge in [0.15, 0.2) is 0 Å². The minimum Gasteiger partial charge on any atom is -0.324 e. The van der Waals surface area contributed by atoms with Gasteiger partial charge in [-0.05, 0) is 24.5 Å². The van der Waals surface area contributed by atoms with Crippen LogP contribution in [0.5, 0.6) is 0 Å². The van der Waals surface area contributed by atoms with Crippen LogP contribution in [0, 0.1) is 6.92 Å². The molecule has 146 valence electrons. The lowest BCUT2D eigenvalue weighted by molar-refractivity contribution is -0.117. The molecule has 28 heavy (non-hydrogen) atoms. The Morgan fingerprint density at radius 2 is 2.18 bits per heavy atom. The van der Waals surface area contributed by atoms with Crippen molar-refractivity contribution < 1.29 is 9.59 Å². The van der Waals surface area contributed by atoms with E-state index in [1.54, 1.807) is 6.08 Å². The summed E-state index contributed by atoms with van der Waals surface area (Å²) in [5, 5.41) is 7.01. The average molecular weight is 398 g/mol. The van der Waals surface area contributed by atoms with E-state index in [1.165, 1.54) is 22.9 Å². The van der Waals surface area contributed by atoms with Gasteiger partial charge in [0.25, 0.3) is 5.56 Å². The molecule has 3 rings (SSSR count). The summed E-state index contributed by atoms with van der Waals surface area (Å²) in [6, 6.07) is 5.83. The Kier molecular flexibility index (Phi) is 5.99. The normalized spacial score (nSPS) is 13.2. The Morgan fingerprint density at radius 1 is 1.39 bits per heavy atom. The molecular formula is C20H22N4O3S. The summed E-state index contributed by atoms with van der Waals surface area (Å²) in [4.78, 5) is 39.7. The number of thioether (sulfide) groups is 1. The summed E-state index contributed by atoms with van der Waals surface area (Å²) in [5.74, 6) is -0.257. The Labute approximate surface area is 167 Å². The number of benzene rings is 1. The zero-order valence-corrected chi connectivity index (χ0v) is 16.7. The van der Waals surface area contributed by atoms with Crippen LogP contribution in [0.25, 0.3) is 0 Å². The highest BCUT2D eigenvalue weighted by atomic mass is 32.2. The number of carbonyl (C=O) groups is 2. The fourth-order valence-corrected chi connectivity index (χ4v) is 4.00. The molecule has 1 aliphatic rings. The number of aromatic nitrogens is 2. The molecule has 0 fully saturated rings. The van der Waals surface area contributed by atoms with Gasteiger partial charge in [-0.2, -0.15) is 5.10 Å². The van der Waals surface area contributed by atoms with Crippen molar-refractivity contribution in [3.8, 4) is 0 Å². The van der Waals surface area contributed by atoms with E-state index >= 15 is 0 Å². The fourth-order valence-electron chi connectivity index (χ4n) is 3.11. The predicted molar refractivity (Wildman–Crippen MR) is 111 cm³/mol. The first-order chi connectivity index (χ1) is 13.5. The number of hydrogen-bond acceptors (Lipinski definition) is 5. The van der Waals surface area contributed by atoms with E-state index < -0.39 is 5.56 Å². The Balaban J connectivity index is 1.88. The Hall–Kier alpha value is -2.87. The van der Waals surface area contributed by atoms with Crippen molar-refractivity contribution in [2.24, 2.45) is 0 Å². The first-order valence-electron chi connectivity index (χ1n) is 8.98. The summed E-state index contributed by atoms with van der Waals surface area (Å²) < 4.78 is 1.09. The lowest BCUT2D eigenvalue weighted by Gasteiger charge is -2.27. The maximum atomic E-state index is 12.9. The highest BCUT2D eigenvalue weighted by Crippen LogP contribution is 2.31. The van der Waals surface area contributed by atoms with Gasteiger partial charge in [-0.15, -0.1) is 18.3 Å². The highest BCUT2D eigenvalue weighted by Gasteiger charge is 2.28. The molecule has 0 bridgehead atoms. The summed E-state index contributed by atoms with van der Waals surface area (Å²) in [7, 11) is 0. The third-order valence-electron chi connectivity index (χ3n) is 4.52. The van der Waals surface area contributed by atoms with Crippen LogP contribution in [0.4, 0.5) is 11.4 Å². The number of aryl methyl sites for hydroxylation is 2. The highest BCUT2D eigenvalue weighted by molar-refractivity contribution is 8.00. The van der Waals surface area contributed by atoms with Crippen molar-refractivity contribution >= 4 is 35.0 Å². The average Bonchev–Trinajstić information content (AvgIpc) is 2.68. The lowest BCUT2D eigenvalue weighted by atomic mass is 10.1. The molecule has 8 heteroatoms. The van der Waals surface area contributed by atoms with Crippen molar-refractivity contribution in [2.75, 3.05) is 22.5 Å². The standard InChI is InChI=1S/C20H22N4O3S/c1-4-9-23-17(26)12-28-15-10-21-24(20(27)19(15)23)11-16(25)22-18-13(3)7-6-8-14(18)5-2/h4,6-8,10H,1,5,9,11-12H2,2-3H3,(H,22,25). The van der Waals surface area contributed by atoms with E-state index in [2.05, 4.69) is 17.0 Å². The minimum absolute atomic E-state index is 0.163. The third-order valence-corrected chi connectivity index (χ3v) is 5.52. The first-order valence-corrected chi connectivity index (χ1v) is 9.97. The van der Waals surface area contributed by atoms with Crippen LogP contribution >= 0.6 is 11.8 Å². The maximum Gasteiger partial charge on any atom is 0.292 e. The van der Waals surface area contributed by atoms with Crippen LogP contribution in [0.2, 0.25) is 0 Å². The van der Waals surface area contributed by atoms with E-state index in [0.717, 1.165) is 27.9 Å². The zero-order chi connectivity index (χ0) is 20.3. The molecule has 1 N–H and O–H groups in total. The number of carbonyl (C=O) groups excluding carboxylic acids is 2. The van der Waals surface area contributed by atoms with E-state index in [9.17, 15) is 14.4 Å². The van der Waals surface area contributed by atoms with Crippen LogP contribution < -0.4 is 15.8 Å². The van der Waals surface area contributed by atoms with E-state index in [0.29, 0.717) is 4.90 Å². The third kappa shape index (κ3) is 3.87. The number of rotatable bonds is 6. The van der Waals surface area contributed by atoms with Crippen LogP contribution in [0.3, 0.4) is 0 Å². The molecule has 2 heterocycles. The second-order valence-electron chi connectivity index (χ2n) is 6.41. The number of para-hydroxylation sites is 1. The molecule has 2 amide bonds. The fraction of sp³-hybridized carbons (Fsp3) is 0.300. The van der Waals surface area contributed by atoms with Crippen molar-refractivity contribution in [3.63, 3.8) is 0 Å². The summed E-state index contributed by atoms with van der Waals surface area (Å²) in [6.07, 6.45) is 3.88. The second kappa shape index (κ2) is 8.43. The summed E-state index contributed by atoms with van der Waals surface area (Å²) in [5.41, 5.74) is 2.54. The van der Waals surface area contributed by atoms with Gasteiger partial charge >= 0.3 is 0 Å². The number of nitrogens with one attached hydrogen (secondary N) is 1. The maximum absolute atomic E-state index is 12.9. The molecule has 0 unspecified atom stereocenters. The molecule has 0 saturated carbocycles. The van der Waals surface area contributed by atoms with Crippen LogP contribution in [-0.4, -0.2) is 33.9 Å². The van der Waals surface area contributed by atoms with Crippen LogP contribution in [-0.2, 0) is 22.6 Å². The first kappa shape index (κ1) is 19.9. The lowest BCUT2D eigenvalue weighted by Crippen LogP contribution is -2.42. The number of hydrogen-bond donors (Lipinski definition) is 1. The quantitative estimate of drug-likeness (QED) is 0.756. The molecule has 2 aromatic rings. The van der Waals surface area contributed by atoms with Crippen LogP contribution in [0.15, 0.2) is 46.7 Å². The number of amides is 2. The number of anilines is 2. The summed E-state index contributed by atoms with van der Waals surface area (Å²) in [6.45, 7) is 7.59. The Bertz CT molecular complexity index is 999. The Morgan fingerprint density at radius 3 is 2.89 bits per heavy atom. The predicted octanol–water partition coefficient (Wildman–Crippen LogP) is 2.38. The molecular weight excluding hydrogens is 376 g/mol.